The molecular weight excluding hydrogens is 506 g/mol. The molecule has 3 nitrogen and oxygen atoms in total. The second-order valence-electron chi connectivity index (χ2n) is 9.09. The molecule has 0 amide bonds. The summed E-state index contributed by atoms with van der Waals surface area (Å²) in [7, 11) is 0. The fourth-order valence-corrected chi connectivity index (χ4v) is 5.18. The molecule has 0 aliphatic heterocycles. The van der Waals surface area contributed by atoms with Crippen LogP contribution in [-0.4, -0.2) is 11.5 Å². The maximum atomic E-state index is 8.71. The smallest absolute Gasteiger partial charge is 0.151 e. The van der Waals surface area contributed by atoms with Gasteiger partial charge in [0.25, 0.3) is 0 Å². The maximum absolute atomic E-state index is 8.71. The van der Waals surface area contributed by atoms with Crippen molar-refractivity contribution in [2.45, 2.75) is 0 Å². The van der Waals surface area contributed by atoms with E-state index in [9.17, 15) is 0 Å². The van der Waals surface area contributed by atoms with Crippen molar-refractivity contribution in [3.63, 3.8) is 0 Å². The highest BCUT2D eigenvalue weighted by Crippen LogP contribution is 2.37. The molecule has 0 fully saturated rings. The summed E-state index contributed by atoms with van der Waals surface area (Å²) in [4.78, 5) is 6.79. The van der Waals surface area contributed by atoms with E-state index in [0.29, 0.717) is 11.3 Å². The number of fused-ring (bicyclic) bond motifs is 1. The molecule has 4 heteroatoms. The minimum Gasteiger partial charge on any atom is -0.310 e. The molecule has 4 aromatic carbocycles. The zero-order valence-electron chi connectivity index (χ0n) is 22.1. The van der Waals surface area contributed by atoms with Crippen LogP contribution in [0.4, 0.5) is 11.4 Å². The zero-order valence-corrected chi connectivity index (χ0v) is 22.9. The summed E-state index contributed by atoms with van der Waals surface area (Å²) in [6.45, 7) is 8.52. The minimum absolute atomic E-state index is 0.0900. The number of allylic oxidation sites excluding steroid dienone is 2. The van der Waals surface area contributed by atoms with Gasteiger partial charge in [-0.2, -0.15) is 0 Å². The van der Waals surface area contributed by atoms with E-state index in [1.54, 1.807) is 11.3 Å². The molecule has 0 radical (unpaired) electrons. The first-order valence-corrected chi connectivity index (χ1v) is 13.8. The summed E-state index contributed by atoms with van der Waals surface area (Å²) >= 11 is 1.71. The van der Waals surface area contributed by atoms with E-state index in [2.05, 4.69) is 64.8 Å². The Morgan fingerprint density at radius 2 is 1.40 bits per heavy atom. The van der Waals surface area contributed by atoms with Gasteiger partial charge in [-0.3, -0.25) is 5.41 Å². The predicted octanol–water partition coefficient (Wildman–Crippen LogP) is 9.85. The Bertz CT molecular complexity index is 1730. The largest absolute Gasteiger partial charge is 0.310 e. The van der Waals surface area contributed by atoms with Gasteiger partial charge in [-0.05, 0) is 58.8 Å². The van der Waals surface area contributed by atoms with E-state index in [1.165, 1.54) is 10.1 Å². The lowest BCUT2D eigenvalue weighted by molar-refractivity contribution is 1.23. The van der Waals surface area contributed by atoms with Gasteiger partial charge in [0.15, 0.2) is 5.84 Å². The molecule has 0 aliphatic carbocycles. The Balaban J connectivity index is 1.42. The third kappa shape index (κ3) is 6.32. The average Bonchev–Trinajstić information content (AvgIpc) is 3.49. The molecule has 0 unspecified atom stereocenters. The number of nitrogens with zero attached hydrogens (tertiary/aromatic N) is 2. The van der Waals surface area contributed by atoms with Crippen LogP contribution in [0.15, 0.2) is 168 Å². The molecule has 0 bridgehead atoms. The fourth-order valence-electron chi connectivity index (χ4n) is 4.28. The van der Waals surface area contributed by atoms with E-state index in [4.69, 9.17) is 5.41 Å². The third-order valence-corrected chi connectivity index (χ3v) is 7.27. The van der Waals surface area contributed by atoms with Crippen molar-refractivity contribution in [2.75, 3.05) is 4.90 Å². The SMILES string of the molecule is C=C(/C=C\C(=C)N(c1ccccc1)c1cccc2ccsc12)C(=N)N=C(/C=C/c1ccccc1)c1ccccc1. The quantitative estimate of drug-likeness (QED) is 0.114. The summed E-state index contributed by atoms with van der Waals surface area (Å²) in [6.07, 6.45) is 7.65. The monoisotopic (exact) mass is 535 g/mol. The fraction of sp³-hybridized carbons (Fsp3) is 0. The summed E-state index contributed by atoms with van der Waals surface area (Å²) < 4.78 is 1.19. The molecule has 194 valence electrons. The molecule has 0 aliphatic rings. The van der Waals surface area contributed by atoms with Gasteiger partial charge in [0.2, 0.25) is 0 Å². The van der Waals surface area contributed by atoms with Crippen molar-refractivity contribution in [3.8, 4) is 0 Å². The van der Waals surface area contributed by atoms with Gasteiger partial charge in [-0.1, -0.05) is 110 Å². The molecule has 1 heterocycles. The average molecular weight is 536 g/mol. The van der Waals surface area contributed by atoms with Crippen molar-refractivity contribution in [3.05, 3.63) is 174 Å². The number of aliphatic imine (C=N–C) groups is 1. The predicted molar refractivity (Wildman–Crippen MR) is 174 cm³/mol. The first-order chi connectivity index (χ1) is 19.6. The maximum Gasteiger partial charge on any atom is 0.151 e. The normalized spacial score (nSPS) is 11.8. The number of para-hydroxylation sites is 1. The van der Waals surface area contributed by atoms with Crippen LogP contribution >= 0.6 is 11.3 Å². The number of rotatable bonds is 9. The lowest BCUT2D eigenvalue weighted by Gasteiger charge is -2.26. The van der Waals surface area contributed by atoms with Gasteiger partial charge in [0, 0.05) is 22.5 Å². The molecule has 1 N–H and O–H groups in total. The van der Waals surface area contributed by atoms with Crippen molar-refractivity contribution in [2.24, 2.45) is 4.99 Å². The molecule has 5 aromatic rings. The van der Waals surface area contributed by atoms with E-state index in [1.807, 2.05) is 103 Å². The van der Waals surface area contributed by atoms with E-state index in [0.717, 1.165) is 28.2 Å². The molecule has 0 spiro atoms. The lowest BCUT2D eigenvalue weighted by Crippen LogP contribution is -2.14. The van der Waals surface area contributed by atoms with E-state index in [-0.39, 0.29) is 5.84 Å². The number of hydrogen-bond donors (Lipinski definition) is 1. The molecular formula is C36H29N3S. The molecule has 40 heavy (non-hydrogen) atoms. The van der Waals surface area contributed by atoms with Gasteiger partial charge in [-0.15, -0.1) is 11.3 Å². The van der Waals surface area contributed by atoms with Gasteiger partial charge >= 0.3 is 0 Å². The Kier molecular flexibility index (Phi) is 8.40. The van der Waals surface area contributed by atoms with Crippen LogP contribution in [0, 0.1) is 5.41 Å². The van der Waals surface area contributed by atoms with Gasteiger partial charge in [0.05, 0.1) is 16.1 Å². The topological polar surface area (TPSA) is 39.5 Å². The number of thiophene rings is 1. The van der Waals surface area contributed by atoms with Crippen LogP contribution < -0.4 is 4.90 Å². The van der Waals surface area contributed by atoms with Crippen LogP contribution in [0.25, 0.3) is 16.2 Å². The summed E-state index contributed by atoms with van der Waals surface area (Å²) in [6, 6.07) is 38.5. The number of benzene rings is 4. The van der Waals surface area contributed by atoms with Crippen LogP contribution in [0.5, 0.6) is 0 Å². The van der Waals surface area contributed by atoms with Gasteiger partial charge in [-0.25, -0.2) is 4.99 Å². The van der Waals surface area contributed by atoms with E-state index < -0.39 is 0 Å². The Morgan fingerprint density at radius 3 is 2.12 bits per heavy atom. The molecule has 5 rings (SSSR count). The molecule has 0 atom stereocenters. The third-order valence-electron chi connectivity index (χ3n) is 6.32. The second-order valence-corrected chi connectivity index (χ2v) is 10.0. The van der Waals surface area contributed by atoms with Crippen LogP contribution in [-0.2, 0) is 0 Å². The van der Waals surface area contributed by atoms with Crippen LogP contribution in [0.2, 0.25) is 0 Å². The zero-order chi connectivity index (χ0) is 27.7. The van der Waals surface area contributed by atoms with Crippen LogP contribution in [0.3, 0.4) is 0 Å². The number of anilines is 2. The van der Waals surface area contributed by atoms with Gasteiger partial charge in [0.1, 0.15) is 0 Å². The molecule has 1 aromatic heterocycles. The molecule has 0 saturated heterocycles. The number of hydrogen-bond acceptors (Lipinski definition) is 3. The lowest BCUT2D eigenvalue weighted by atomic mass is 10.1. The number of amidine groups is 1. The van der Waals surface area contributed by atoms with Crippen molar-refractivity contribution >= 4 is 50.4 Å². The number of nitrogens with one attached hydrogen (secondary N) is 1. The van der Waals surface area contributed by atoms with E-state index >= 15 is 0 Å². The summed E-state index contributed by atoms with van der Waals surface area (Å²) in [5.74, 6) is 0.0900. The molecule has 0 saturated carbocycles. The van der Waals surface area contributed by atoms with Crippen molar-refractivity contribution < 1.29 is 0 Å². The minimum atomic E-state index is 0.0900. The highest BCUT2D eigenvalue weighted by Gasteiger charge is 2.15. The van der Waals surface area contributed by atoms with Crippen LogP contribution in [0.1, 0.15) is 11.1 Å². The summed E-state index contributed by atoms with van der Waals surface area (Å²) in [5.41, 5.74) is 6.01. The Hall–Kier alpha value is -5.06. The standard InChI is InChI=1S/C36H29N3S/c1-27(36(37)38-33(30-15-8-4-9-16-30)24-23-29-13-6-3-7-14-29)21-22-28(2)39(32-18-10-5-11-19-32)34-20-12-17-31-25-26-40-35(31)34/h3-26,37H,1-2H2/b22-21-,24-23+,37-36?,38-33?. The van der Waals surface area contributed by atoms with Crippen molar-refractivity contribution in [1.82, 2.24) is 0 Å². The summed E-state index contributed by atoms with van der Waals surface area (Å²) in [5, 5.41) is 12.0. The highest BCUT2D eigenvalue weighted by atomic mass is 32.1. The first-order valence-electron chi connectivity index (χ1n) is 12.9. The first kappa shape index (κ1) is 26.5. The Labute approximate surface area is 239 Å². The highest BCUT2D eigenvalue weighted by molar-refractivity contribution is 7.17. The van der Waals surface area contributed by atoms with Crippen molar-refractivity contribution in [1.29, 1.82) is 5.41 Å². The van der Waals surface area contributed by atoms with Gasteiger partial charge < -0.3 is 4.90 Å². The Morgan fingerprint density at radius 1 is 0.725 bits per heavy atom. The second kappa shape index (κ2) is 12.7.